The average Bonchev–Trinajstić information content (AvgIpc) is 2.60. The summed E-state index contributed by atoms with van der Waals surface area (Å²) in [7, 11) is -0.607. The molecule has 0 fully saturated rings. The molecule has 0 aromatic rings. The first-order chi connectivity index (χ1) is 12.2. The quantitative estimate of drug-likeness (QED) is 0.269. The number of hydrogen-bond donors (Lipinski definition) is 2. The number of unbranched alkanes of at least 4 members (excludes halogenated alkanes) is 10. The Hall–Kier alpha value is -1.03. The van der Waals surface area contributed by atoms with Gasteiger partial charge in [0.1, 0.15) is 0 Å². The van der Waals surface area contributed by atoms with Crippen LogP contribution >= 0.6 is 9.03 Å². The molecule has 0 spiro atoms. The maximum atomic E-state index is 11.4. The van der Waals surface area contributed by atoms with Gasteiger partial charge >= 0.3 is 12.2 Å². The first-order valence-corrected chi connectivity index (χ1v) is 10.7. The SMILES string of the molecule is CCCCCCCCNC(=O)OPOC(=O)NCCCCCCCC. The van der Waals surface area contributed by atoms with E-state index in [1.807, 2.05) is 0 Å². The van der Waals surface area contributed by atoms with E-state index in [1.54, 1.807) is 0 Å². The van der Waals surface area contributed by atoms with Crippen molar-refractivity contribution in [2.45, 2.75) is 90.9 Å². The summed E-state index contributed by atoms with van der Waals surface area (Å²) in [6.45, 7) is 5.57. The lowest BCUT2D eigenvalue weighted by atomic mass is 10.1. The molecule has 2 N–H and O–H groups in total. The van der Waals surface area contributed by atoms with Crippen molar-refractivity contribution in [2.75, 3.05) is 13.1 Å². The van der Waals surface area contributed by atoms with E-state index < -0.39 is 21.2 Å². The summed E-state index contributed by atoms with van der Waals surface area (Å²) >= 11 is 0. The standard InChI is InChI=1S/C18H37N2O4P/c1-3-5-7-9-11-13-15-19-17(21)23-25-24-18(22)20-16-14-12-10-8-6-4-2/h25H,3-16H2,1-2H3,(H,19,21)(H,20,22). The van der Waals surface area contributed by atoms with Gasteiger partial charge in [0.15, 0.2) is 0 Å². The Morgan fingerprint density at radius 2 is 1.00 bits per heavy atom. The molecule has 0 aliphatic carbocycles. The van der Waals surface area contributed by atoms with Crippen molar-refractivity contribution in [3.63, 3.8) is 0 Å². The zero-order valence-electron chi connectivity index (χ0n) is 16.0. The second kappa shape index (κ2) is 19.3. The van der Waals surface area contributed by atoms with Crippen LogP contribution in [0.3, 0.4) is 0 Å². The Bertz CT molecular complexity index is 300. The maximum Gasteiger partial charge on any atom is 0.412 e. The summed E-state index contributed by atoms with van der Waals surface area (Å²) < 4.78 is 9.65. The van der Waals surface area contributed by atoms with Crippen LogP contribution in [0.2, 0.25) is 0 Å². The Morgan fingerprint density at radius 1 is 0.640 bits per heavy atom. The average molecular weight is 376 g/mol. The number of rotatable bonds is 16. The van der Waals surface area contributed by atoms with Gasteiger partial charge < -0.3 is 19.7 Å². The molecule has 0 aliphatic heterocycles. The summed E-state index contributed by atoms with van der Waals surface area (Å²) in [6.07, 6.45) is 13.0. The minimum absolute atomic E-state index is 0.532. The molecule has 7 heteroatoms. The molecule has 0 aromatic heterocycles. The number of carbonyl (C=O) groups excluding carboxylic acids is 2. The molecule has 0 heterocycles. The highest BCUT2D eigenvalue weighted by atomic mass is 31.1. The number of carbonyl (C=O) groups is 2. The zero-order chi connectivity index (χ0) is 18.6. The molecule has 0 aliphatic rings. The molecular weight excluding hydrogens is 339 g/mol. The van der Waals surface area contributed by atoms with Gasteiger partial charge in [-0.15, -0.1) is 0 Å². The van der Waals surface area contributed by atoms with Crippen LogP contribution in [0.4, 0.5) is 9.59 Å². The lowest BCUT2D eigenvalue weighted by molar-refractivity contribution is 0.190. The Balaban J connectivity index is 3.32. The first kappa shape index (κ1) is 24.0. The van der Waals surface area contributed by atoms with Gasteiger partial charge in [-0.2, -0.15) is 0 Å². The molecule has 0 radical (unpaired) electrons. The third-order valence-electron chi connectivity index (χ3n) is 3.87. The topological polar surface area (TPSA) is 76.7 Å². The molecule has 25 heavy (non-hydrogen) atoms. The molecule has 0 unspecified atom stereocenters. The fourth-order valence-corrected chi connectivity index (χ4v) is 2.70. The van der Waals surface area contributed by atoms with E-state index >= 15 is 0 Å². The van der Waals surface area contributed by atoms with Crippen LogP contribution in [0.1, 0.15) is 90.9 Å². The van der Waals surface area contributed by atoms with E-state index in [9.17, 15) is 9.59 Å². The minimum atomic E-state index is -0.607. The highest BCUT2D eigenvalue weighted by Gasteiger charge is 2.05. The van der Waals surface area contributed by atoms with Crippen LogP contribution < -0.4 is 10.6 Å². The fourth-order valence-electron chi connectivity index (χ4n) is 2.36. The Morgan fingerprint density at radius 3 is 1.40 bits per heavy atom. The largest absolute Gasteiger partial charge is 0.412 e. The molecule has 0 rings (SSSR count). The second-order valence-corrected chi connectivity index (χ2v) is 6.83. The zero-order valence-corrected chi connectivity index (χ0v) is 17.0. The number of amides is 2. The molecule has 0 saturated carbocycles. The third kappa shape index (κ3) is 19.1. The van der Waals surface area contributed by atoms with Crippen molar-refractivity contribution in [3.05, 3.63) is 0 Å². The van der Waals surface area contributed by atoms with Crippen LogP contribution in [0.25, 0.3) is 0 Å². The monoisotopic (exact) mass is 376 g/mol. The Labute approximate surface area is 155 Å². The summed E-state index contributed by atoms with van der Waals surface area (Å²) in [6, 6.07) is 0. The van der Waals surface area contributed by atoms with Gasteiger partial charge in [-0.25, -0.2) is 9.59 Å². The molecule has 0 aromatic carbocycles. The van der Waals surface area contributed by atoms with Crippen molar-refractivity contribution >= 4 is 21.2 Å². The number of hydrogen-bond acceptors (Lipinski definition) is 4. The van der Waals surface area contributed by atoms with Crippen molar-refractivity contribution in [1.82, 2.24) is 10.6 Å². The highest BCUT2D eigenvalue weighted by Crippen LogP contribution is 2.14. The molecule has 0 saturated heterocycles. The van der Waals surface area contributed by atoms with Gasteiger partial charge in [-0.1, -0.05) is 78.1 Å². The summed E-state index contributed by atoms with van der Waals surface area (Å²) in [5.74, 6) is 0. The van der Waals surface area contributed by atoms with Gasteiger partial charge in [0.2, 0.25) is 0 Å². The summed E-state index contributed by atoms with van der Waals surface area (Å²) in [4.78, 5) is 22.8. The van der Waals surface area contributed by atoms with E-state index in [4.69, 9.17) is 9.05 Å². The molecule has 6 nitrogen and oxygen atoms in total. The van der Waals surface area contributed by atoms with Crippen LogP contribution in [0.5, 0.6) is 0 Å². The second-order valence-electron chi connectivity index (χ2n) is 6.25. The van der Waals surface area contributed by atoms with Crippen LogP contribution in [-0.2, 0) is 9.05 Å². The normalized spacial score (nSPS) is 10.3. The van der Waals surface area contributed by atoms with Gasteiger partial charge in [0.25, 0.3) is 9.03 Å². The van der Waals surface area contributed by atoms with Gasteiger partial charge in [-0.3, -0.25) is 0 Å². The van der Waals surface area contributed by atoms with Gasteiger partial charge in [-0.05, 0) is 12.8 Å². The molecule has 0 atom stereocenters. The predicted molar refractivity (Wildman–Crippen MR) is 104 cm³/mol. The van der Waals surface area contributed by atoms with Crippen molar-refractivity contribution < 1.29 is 18.6 Å². The minimum Gasteiger partial charge on any atom is -0.392 e. The smallest absolute Gasteiger partial charge is 0.392 e. The highest BCUT2D eigenvalue weighted by molar-refractivity contribution is 7.27. The van der Waals surface area contributed by atoms with Crippen LogP contribution in [-0.4, -0.2) is 25.3 Å². The van der Waals surface area contributed by atoms with E-state index in [2.05, 4.69) is 24.5 Å². The van der Waals surface area contributed by atoms with Crippen molar-refractivity contribution in [3.8, 4) is 0 Å². The van der Waals surface area contributed by atoms with Crippen molar-refractivity contribution in [1.29, 1.82) is 0 Å². The summed E-state index contributed by atoms with van der Waals surface area (Å²) in [5, 5.41) is 5.32. The fraction of sp³-hybridized carbons (Fsp3) is 0.889. The van der Waals surface area contributed by atoms with Gasteiger partial charge in [0, 0.05) is 13.1 Å². The molecular formula is C18H37N2O4P. The number of nitrogens with one attached hydrogen (secondary N) is 2. The van der Waals surface area contributed by atoms with Crippen LogP contribution in [0.15, 0.2) is 0 Å². The lowest BCUT2D eigenvalue weighted by Gasteiger charge is -2.08. The molecule has 0 bridgehead atoms. The predicted octanol–water partition coefficient (Wildman–Crippen LogP) is 5.67. The maximum absolute atomic E-state index is 11.4. The lowest BCUT2D eigenvalue weighted by Crippen LogP contribution is -2.25. The Kier molecular flexibility index (Phi) is 18.5. The van der Waals surface area contributed by atoms with E-state index in [-0.39, 0.29) is 0 Å². The van der Waals surface area contributed by atoms with E-state index in [1.165, 1.54) is 51.4 Å². The van der Waals surface area contributed by atoms with E-state index in [0.717, 1.165) is 25.7 Å². The van der Waals surface area contributed by atoms with Crippen LogP contribution in [0, 0.1) is 0 Å². The first-order valence-electron chi connectivity index (χ1n) is 9.85. The molecule has 2 amide bonds. The van der Waals surface area contributed by atoms with E-state index in [0.29, 0.717) is 13.1 Å². The molecule has 148 valence electrons. The van der Waals surface area contributed by atoms with Crippen molar-refractivity contribution in [2.24, 2.45) is 0 Å². The third-order valence-corrected chi connectivity index (χ3v) is 4.41. The van der Waals surface area contributed by atoms with Gasteiger partial charge in [0.05, 0.1) is 0 Å². The summed E-state index contributed by atoms with van der Waals surface area (Å²) in [5.41, 5.74) is 0.